The minimum Gasteiger partial charge on any atom is -0.381 e. The van der Waals surface area contributed by atoms with Crippen LogP contribution in [0.2, 0.25) is 0 Å². The Morgan fingerprint density at radius 3 is 2.95 bits per heavy atom. The smallest absolute Gasteiger partial charge is 0.139 e. The zero-order valence-electron chi connectivity index (χ0n) is 11.0. The second-order valence-electron chi connectivity index (χ2n) is 4.67. The maximum Gasteiger partial charge on any atom is 0.139 e. The molecule has 106 valence electrons. The van der Waals surface area contributed by atoms with Gasteiger partial charge in [0.2, 0.25) is 0 Å². The van der Waals surface area contributed by atoms with Crippen LogP contribution in [-0.2, 0) is 4.74 Å². The summed E-state index contributed by atoms with van der Waals surface area (Å²) >= 11 is 1.43. The van der Waals surface area contributed by atoms with E-state index in [-0.39, 0.29) is 0 Å². The van der Waals surface area contributed by atoms with Gasteiger partial charge in [0.1, 0.15) is 11.6 Å². The van der Waals surface area contributed by atoms with Crippen LogP contribution in [0, 0.1) is 17.6 Å². The Bertz CT molecular complexity index is 410. The topological polar surface area (TPSA) is 21.3 Å². The maximum atomic E-state index is 13.6. The van der Waals surface area contributed by atoms with Crippen molar-refractivity contribution in [3.8, 4) is 0 Å². The van der Waals surface area contributed by atoms with Crippen molar-refractivity contribution in [1.29, 1.82) is 0 Å². The van der Waals surface area contributed by atoms with E-state index in [1.807, 2.05) is 0 Å². The number of rotatable bonds is 6. The maximum absolute atomic E-state index is 13.6. The Morgan fingerprint density at radius 2 is 2.32 bits per heavy atom. The van der Waals surface area contributed by atoms with Crippen molar-refractivity contribution in [3.05, 3.63) is 29.8 Å². The highest BCUT2D eigenvalue weighted by Gasteiger charge is 2.25. The third kappa shape index (κ3) is 4.16. The van der Waals surface area contributed by atoms with Gasteiger partial charge in [-0.3, -0.25) is 0 Å². The van der Waals surface area contributed by atoms with Crippen LogP contribution in [0.3, 0.4) is 0 Å². The van der Waals surface area contributed by atoms with Gasteiger partial charge < -0.3 is 10.1 Å². The molecule has 0 saturated carbocycles. The van der Waals surface area contributed by atoms with Gasteiger partial charge in [0, 0.05) is 35.3 Å². The van der Waals surface area contributed by atoms with E-state index in [1.165, 1.54) is 23.9 Å². The van der Waals surface area contributed by atoms with E-state index >= 15 is 0 Å². The van der Waals surface area contributed by atoms with Crippen molar-refractivity contribution < 1.29 is 13.5 Å². The highest BCUT2D eigenvalue weighted by Crippen LogP contribution is 2.26. The molecule has 1 aromatic carbocycles. The number of hydrogen-bond donors (Lipinski definition) is 1. The van der Waals surface area contributed by atoms with Crippen molar-refractivity contribution in [3.63, 3.8) is 0 Å². The van der Waals surface area contributed by atoms with Gasteiger partial charge in [0.25, 0.3) is 0 Å². The molecule has 2 atom stereocenters. The Labute approximate surface area is 116 Å². The molecule has 0 radical (unpaired) electrons. The summed E-state index contributed by atoms with van der Waals surface area (Å²) in [5.74, 6) is 0.234. The zero-order chi connectivity index (χ0) is 13.7. The SMILES string of the molecule is CCNC(CSc1ccc(F)cc1F)C1CCOC1. The second-order valence-corrected chi connectivity index (χ2v) is 5.74. The summed E-state index contributed by atoms with van der Waals surface area (Å²) in [5.41, 5.74) is 0. The standard InChI is InChI=1S/C14H19F2NOS/c1-2-17-13(10-5-6-18-8-10)9-19-14-4-3-11(15)7-12(14)16/h3-4,7,10,13,17H,2,5-6,8-9H2,1H3. The van der Waals surface area contributed by atoms with Crippen LogP contribution >= 0.6 is 11.8 Å². The molecule has 1 aliphatic heterocycles. The van der Waals surface area contributed by atoms with Crippen LogP contribution in [0.25, 0.3) is 0 Å². The summed E-state index contributed by atoms with van der Waals surface area (Å²) in [6, 6.07) is 4.04. The molecule has 19 heavy (non-hydrogen) atoms. The fraction of sp³-hybridized carbons (Fsp3) is 0.571. The molecular weight excluding hydrogens is 268 g/mol. The largest absolute Gasteiger partial charge is 0.381 e. The van der Waals surface area contributed by atoms with Crippen LogP contribution in [0.15, 0.2) is 23.1 Å². The molecule has 0 bridgehead atoms. The van der Waals surface area contributed by atoms with Crippen LogP contribution < -0.4 is 5.32 Å². The fourth-order valence-corrected chi connectivity index (χ4v) is 3.38. The Balaban J connectivity index is 1.93. The summed E-state index contributed by atoms with van der Waals surface area (Å²) < 4.78 is 31.8. The van der Waals surface area contributed by atoms with Crippen LogP contribution in [0.4, 0.5) is 8.78 Å². The van der Waals surface area contributed by atoms with E-state index < -0.39 is 11.6 Å². The highest BCUT2D eigenvalue weighted by molar-refractivity contribution is 7.99. The fourth-order valence-electron chi connectivity index (χ4n) is 2.27. The third-order valence-electron chi connectivity index (χ3n) is 3.31. The van der Waals surface area contributed by atoms with E-state index in [0.29, 0.717) is 16.9 Å². The van der Waals surface area contributed by atoms with Crippen molar-refractivity contribution in [2.75, 3.05) is 25.5 Å². The van der Waals surface area contributed by atoms with Crippen molar-refractivity contribution in [1.82, 2.24) is 5.32 Å². The lowest BCUT2D eigenvalue weighted by Gasteiger charge is -2.23. The molecule has 2 unspecified atom stereocenters. The predicted molar refractivity (Wildman–Crippen MR) is 73.5 cm³/mol. The molecule has 0 aliphatic carbocycles. The molecule has 0 amide bonds. The van der Waals surface area contributed by atoms with E-state index in [9.17, 15) is 8.78 Å². The van der Waals surface area contributed by atoms with Gasteiger partial charge in [-0.05, 0) is 25.1 Å². The lowest BCUT2D eigenvalue weighted by atomic mass is 10.0. The average Bonchev–Trinajstić information content (AvgIpc) is 2.90. The molecule has 2 nitrogen and oxygen atoms in total. The number of benzene rings is 1. The molecule has 1 aliphatic rings. The van der Waals surface area contributed by atoms with Crippen LogP contribution in [0.1, 0.15) is 13.3 Å². The monoisotopic (exact) mass is 287 g/mol. The van der Waals surface area contributed by atoms with Gasteiger partial charge in [-0.2, -0.15) is 0 Å². The Morgan fingerprint density at radius 1 is 1.47 bits per heavy atom. The lowest BCUT2D eigenvalue weighted by Crippen LogP contribution is -2.38. The number of nitrogens with one attached hydrogen (secondary N) is 1. The first kappa shape index (κ1) is 14.8. The minimum atomic E-state index is -0.533. The average molecular weight is 287 g/mol. The van der Waals surface area contributed by atoms with Crippen molar-refractivity contribution in [2.24, 2.45) is 5.92 Å². The van der Waals surface area contributed by atoms with E-state index in [0.717, 1.165) is 38.0 Å². The zero-order valence-corrected chi connectivity index (χ0v) is 11.8. The first-order chi connectivity index (χ1) is 9.20. The number of hydrogen-bond acceptors (Lipinski definition) is 3. The molecule has 0 spiro atoms. The number of halogens is 2. The number of thioether (sulfide) groups is 1. The minimum absolute atomic E-state index is 0.307. The lowest BCUT2D eigenvalue weighted by molar-refractivity contribution is 0.179. The van der Waals surface area contributed by atoms with E-state index in [4.69, 9.17) is 4.74 Å². The summed E-state index contributed by atoms with van der Waals surface area (Å²) in [5, 5.41) is 3.43. The van der Waals surface area contributed by atoms with E-state index in [1.54, 1.807) is 0 Å². The summed E-state index contributed by atoms with van der Waals surface area (Å²) in [7, 11) is 0. The second kappa shape index (κ2) is 7.22. The van der Waals surface area contributed by atoms with Gasteiger partial charge in [0.15, 0.2) is 0 Å². The van der Waals surface area contributed by atoms with Gasteiger partial charge in [-0.1, -0.05) is 6.92 Å². The van der Waals surface area contributed by atoms with Crippen molar-refractivity contribution in [2.45, 2.75) is 24.3 Å². The quantitative estimate of drug-likeness (QED) is 0.813. The molecule has 1 heterocycles. The Hall–Kier alpha value is -0.650. The summed E-state index contributed by atoms with van der Waals surface area (Å²) in [6.45, 7) is 4.52. The molecule has 2 rings (SSSR count). The predicted octanol–water partition coefficient (Wildman–Crippen LogP) is 3.07. The van der Waals surface area contributed by atoms with Gasteiger partial charge in [-0.25, -0.2) is 8.78 Å². The molecule has 1 saturated heterocycles. The molecule has 1 aromatic rings. The number of ether oxygens (including phenoxy) is 1. The van der Waals surface area contributed by atoms with Gasteiger partial charge >= 0.3 is 0 Å². The third-order valence-corrected chi connectivity index (χ3v) is 4.48. The normalized spacial score (nSPS) is 20.7. The van der Waals surface area contributed by atoms with Gasteiger partial charge in [0.05, 0.1) is 6.61 Å². The molecule has 1 N–H and O–H groups in total. The molecule has 5 heteroatoms. The summed E-state index contributed by atoms with van der Waals surface area (Å²) in [4.78, 5) is 0.503. The van der Waals surface area contributed by atoms with Crippen molar-refractivity contribution >= 4 is 11.8 Å². The first-order valence-corrected chi connectivity index (χ1v) is 7.58. The summed E-state index contributed by atoms with van der Waals surface area (Å²) in [6.07, 6.45) is 1.05. The van der Waals surface area contributed by atoms with Gasteiger partial charge in [-0.15, -0.1) is 11.8 Å². The highest BCUT2D eigenvalue weighted by atomic mass is 32.2. The molecular formula is C14H19F2NOS. The Kier molecular flexibility index (Phi) is 5.60. The van der Waals surface area contributed by atoms with Crippen LogP contribution in [0.5, 0.6) is 0 Å². The van der Waals surface area contributed by atoms with Crippen LogP contribution in [-0.4, -0.2) is 31.6 Å². The molecule has 1 fully saturated rings. The first-order valence-electron chi connectivity index (χ1n) is 6.59. The van der Waals surface area contributed by atoms with E-state index in [2.05, 4.69) is 12.2 Å². The molecule has 0 aromatic heterocycles.